The van der Waals surface area contributed by atoms with Crippen LogP contribution < -0.4 is 15.0 Å². The summed E-state index contributed by atoms with van der Waals surface area (Å²) in [5, 5.41) is 2.93. The summed E-state index contributed by atoms with van der Waals surface area (Å²) in [5.74, 6) is 0.756. The van der Waals surface area contributed by atoms with Gasteiger partial charge in [0.1, 0.15) is 12.4 Å². The molecule has 0 spiro atoms. The fourth-order valence-electron chi connectivity index (χ4n) is 2.34. The maximum atomic E-state index is 12.2. The molecule has 1 heterocycles. The van der Waals surface area contributed by atoms with Crippen LogP contribution in [-0.4, -0.2) is 26.1 Å². The van der Waals surface area contributed by atoms with Gasteiger partial charge in [0.15, 0.2) is 0 Å². The van der Waals surface area contributed by atoms with E-state index in [1.54, 1.807) is 0 Å². The number of carbonyl (C=O) groups is 1. The fourth-order valence-corrected chi connectivity index (χ4v) is 2.34. The second kappa shape index (κ2) is 5.48. The van der Waals surface area contributed by atoms with Crippen LogP contribution >= 0.6 is 0 Å². The molecule has 1 aliphatic rings. The van der Waals surface area contributed by atoms with E-state index in [2.05, 4.69) is 10.2 Å². The van der Waals surface area contributed by atoms with Gasteiger partial charge in [-0.15, -0.1) is 0 Å². The highest BCUT2D eigenvalue weighted by molar-refractivity contribution is 6.04. The predicted molar refractivity (Wildman–Crippen MR) is 84.3 cm³/mol. The monoisotopic (exact) mass is 282 g/mol. The first kappa shape index (κ1) is 13.5. The standard InChI is InChI=1S/C17H18N2O2/c1-12-3-5-13(6-4-12)17(20)18-14-7-8-16-15(11-14)19(2)9-10-21-16/h3-8,11H,9-10H2,1-2H3,(H,18,20). The van der Waals surface area contributed by atoms with Crippen molar-refractivity contribution in [2.45, 2.75) is 6.92 Å². The molecule has 108 valence electrons. The molecule has 0 atom stereocenters. The third-order valence-corrected chi connectivity index (χ3v) is 3.63. The highest BCUT2D eigenvalue weighted by Crippen LogP contribution is 2.33. The van der Waals surface area contributed by atoms with Crippen LogP contribution in [0.5, 0.6) is 5.75 Å². The molecule has 2 aromatic rings. The Morgan fingerprint density at radius 1 is 1.19 bits per heavy atom. The van der Waals surface area contributed by atoms with Crippen LogP contribution in [0.25, 0.3) is 0 Å². The fraction of sp³-hybridized carbons (Fsp3) is 0.235. The Morgan fingerprint density at radius 2 is 1.95 bits per heavy atom. The Labute approximate surface area is 124 Å². The van der Waals surface area contributed by atoms with Crippen molar-refractivity contribution < 1.29 is 9.53 Å². The van der Waals surface area contributed by atoms with Crippen molar-refractivity contribution >= 4 is 17.3 Å². The predicted octanol–water partition coefficient (Wildman–Crippen LogP) is 3.08. The van der Waals surface area contributed by atoms with Crippen LogP contribution in [0, 0.1) is 6.92 Å². The van der Waals surface area contributed by atoms with Crippen molar-refractivity contribution in [1.29, 1.82) is 0 Å². The van der Waals surface area contributed by atoms with Crippen LogP contribution in [0.2, 0.25) is 0 Å². The van der Waals surface area contributed by atoms with Crippen molar-refractivity contribution in [2.75, 3.05) is 30.4 Å². The van der Waals surface area contributed by atoms with E-state index in [1.165, 1.54) is 0 Å². The molecule has 1 aliphatic heterocycles. The van der Waals surface area contributed by atoms with Gasteiger partial charge >= 0.3 is 0 Å². The third-order valence-electron chi connectivity index (χ3n) is 3.63. The molecule has 3 rings (SSSR count). The van der Waals surface area contributed by atoms with Crippen LogP contribution in [-0.2, 0) is 0 Å². The number of benzene rings is 2. The number of ether oxygens (including phenoxy) is 1. The molecule has 0 fully saturated rings. The molecule has 0 aliphatic carbocycles. The molecule has 0 aromatic heterocycles. The Balaban J connectivity index is 1.80. The summed E-state index contributed by atoms with van der Waals surface area (Å²) in [5.41, 5.74) is 3.57. The number of hydrogen-bond acceptors (Lipinski definition) is 3. The number of anilines is 2. The molecule has 2 aromatic carbocycles. The number of nitrogens with zero attached hydrogens (tertiary/aromatic N) is 1. The van der Waals surface area contributed by atoms with Crippen molar-refractivity contribution in [3.05, 3.63) is 53.6 Å². The third kappa shape index (κ3) is 2.84. The normalized spacial score (nSPS) is 13.3. The minimum Gasteiger partial charge on any atom is -0.490 e. The molecule has 21 heavy (non-hydrogen) atoms. The quantitative estimate of drug-likeness (QED) is 0.920. The number of fused-ring (bicyclic) bond motifs is 1. The highest BCUT2D eigenvalue weighted by atomic mass is 16.5. The molecule has 0 saturated heterocycles. The Morgan fingerprint density at radius 3 is 2.71 bits per heavy atom. The summed E-state index contributed by atoms with van der Waals surface area (Å²) in [7, 11) is 2.02. The van der Waals surface area contributed by atoms with E-state index < -0.39 is 0 Å². The van der Waals surface area contributed by atoms with E-state index in [4.69, 9.17) is 4.74 Å². The Hall–Kier alpha value is -2.49. The zero-order chi connectivity index (χ0) is 14.8. The largest absolute Gasteiger partial charge is 0.490 e. The van der Waals surface area contributed by atoms with Crippen LogP contribution in [0.15, 0.2) is 42.5 Å². The first-order valence-corrected chi connectivity index (χ1v) is 6.99. The van der Waals surface area contributed by atoms with E-state index in [1.807, 2.05) is 56.4 Å². The van der Waals surface area contributed by atoms with Gasteiger partial charge in [-0.1, -0.05) is 17.7 Å². The molecule has 1 N–H and O–H groups in total. The number of aryl methyl sites for hydroxylation is 1. The molecule has 0 bridgehead atoms. The van der Waals surface area contributed by atoms with Crippen LogP contribution in [0.1, 0.15) is 15.9 Å². The molecule has 1 amide bonds. The summed E-state index contributed by atoms with van der Waals surface area (Å²) < 4.78 is 5.60. The molecule has 0 saturated carbocycles. The first-order valence-electron chi connectivity index (χ1n) is 6.99. The summed E-state index contributed by atoms with van der Waals surface area (Å²) in [6.07, 6.45) is 0. The number of hydrogen-bond donors (Lipinski definition) is 1. The van der Waals surface area contributed by atoms with Gasteiger partial charge in [0.25, 0.3) is 5.91 Å². The lowest BCUT2D eigenvalue weighted by molar-refractivity contribution is 0.102. The van der Waals surface area contributed by atoms with E-state index in [0.717, 1.165) is 29.2 Å². The summed E-state index contributed by atoms with van der Waals surface area (Å²) in [6, 6.07) is 13.2. The average Bonchev–Trinajstić information content (AvgIpc) is 2.49. The topological polar surface area (TPSA) is 41.6 Å². The molecule has 0 radical (unpaired) electrons. The molecule has 4 nitrogen and oxygen atoms in total. The summed E-state index contributed by atoms with van der Waals surface area (Å²) in [6.45, 7) is 3.54. The van der Waals surface area contributed by atoms with Gasteiger partial charge in [0, 0.05) is 18.3 Å². The van der Waals surface area contributed by atoms with Gasteiger partial charge in [-0.25, -0.2) is 0 Å². The van der Waals surface area contributed by atoms with E-state index in [9.17, 15) is 4.79 Å². The second-order valence-corrected chi connectivity index (χ2v) is 5.27. The first-order chi connectivity index (χ1) is 10.1. The maximum absolute atomic E-state index is 12.2. The summed E-state index contributed by atoms with van der Waals surface area (Å²) in [4.78, 5) is 14.3. The van der Waals surface area contributed by atoms with Gasteiger partial charge in [-0.05, 0) is 37.3 Å². The SMILES string of the molecule is Cc1ccc(C(=O)Nc2ccc3c(c2)N(C)CCO3)cc1. The molecular formula is C17H18N2O2. The minimum atomic E-state index is -0.102. The number of nitrogens with one attached hydrogen (secondary N) is 1. The average molecular weight is 282 g/mol. The smallest absolute Gasteiger partial charge is 0.255 e. The number of amides is 1. The van der Waals surface area contributed by atoms with Crippen molar-refractivity contribution in [3.8, 4) is 5.75 Å². The molecular weight excluding hydrogens is 264 g/mol. The molecule has 0 unspecified atom stereocenters. The Kier molecular flexibility index (Phi) is 3.52. The van der Waals surface area contributed by atoms with Crippen molar-refractivity contribution in [3.63, 3.8) is 0 Å². The number of likely N-dealkylation sites (N-methyl/N-ethyl adjacent to an activating group) is 1. The number of rotatable bonds is 2. The molecule has 4 heteroatoms. The van der Waals surface area contributed by atoms with Gasteiger partial charge in [0.2, 0.25) is 0 Å². The van der Waals surface area contributed by atoms with E-state index in [-0.39, 0.29) is 5.91 Å². The zero-order valence-corrected chi connectivity index (χ0v) is 12.2. The van der Waals surface area contributed by atoms with Gasteiger partial charge in [-0.2, -0.15) is 0 Å². The zero-order valence-electron chi connectivity index (χ0n) is 12.2. The number of carbonyl (C=O) groups excluding carboxylic acids is 1. The maximum Gasteiger partial charge on any atom is 0.255 e. The van der Waals surface area contributed by atoms with Crippen LogP contribution in [0.4, 0.5) is 11.4 Å². The van der Waals surface area contributed by atoms with E-state index in [0.29, 0.717) is 12.2 Å². The second-order valence-electron chi connectivity index (χ2n) is 5.27. The minimum absolute atomic E-state index is 0.102. The van der Waals surface area contributed by atoms with Crippen molar-refractivity contribution in [2.24, 2.45) is 0 Å². The van der Waals surface area contributed by atoms with Crippen LogP contribution in [0.3, 0.4) is 0 Å². The lowest BCUT2D eigenvalue weighted by Gasteiger charge is -2.28. The van der Waals surface area contributed by atoms with Gasteiger partial charge in [0.05, 0.1) is 12.2 Å². The highest BCUT2D eigenvalue weighted by Gasteiger charge is 2.16. The lowest BCUT2D eigenvalue weighted by Crippen LogP contribution is -2.28. The van der Waals surface area contributed by atoms with E-state index >= 15 is 0 Å². The Bertz CT molecular complexity index is 665. The van der Waals surface area contributed by atoms with Gasteiger partial charge < -0.3 is 15.0 Å². The summed E-state index contributed by atoms with van der Waals surface area (Å²) >= 11 is 0. The van der Waals surface area contributed by atoms with Crippen molar-refractivity contribution in [1.82, 2.24) is 0 Å². The van der Waals surface area contributed by atoms with Gasteiger partial charge in [-0.3, -0.25) is 4.79 Å². The lowest BCUT2D eigenvalue weighted by atomic mass is 10.1.